The molecule has 0 unspecified atom stereocenters. The molecule has 20 heavy (non-hydrogen) atoms. The molecule has 0 aliphatic carbocycles. The van der Waals surface area contributed by atoms with Crippen LogP contribution in [0.3, 0.4) is 0 Å². The lowest BCUT2D eigenvalue weighted by molar-refractivity contribution is -0.114. The van der Waals surface area contributed by atoms with E-state index < -0.39 is 10.0 Å². The summed E-state index contributed by atoms with van der Waals surface area (Å²) in [5.41, 5.74) is 1.66. The quantitative estimate of drug-likeness (QED) is 0.901. The van der Waals surface area contributed by atoms with Crippen LogP contribution in [0.4, 0.5) is 5.69 Å². The minimum atomic E-state index is -3.90. The fourth-order valence-corrected chi connectivity index (χ4v) is 3.37. The molecule has 0 radical (unpaired) electrons. The van der Waals surface area contributed by atoms with E-state index >= 15 is 0 Å². The topological polar surface area (TPSA) is 102 Å². The van der Waals surface area contributed by atoms with Gasteiger partial charge in [0, 0.05) is 18.2 Å². The monoisotopic (exact) mass is 311 g/mol. The van der Waals surface area contributed by atoms with Gasteiger partial charge in [-0.25, -0.2) is 13.6 Å². The number of benzene rings is 1. The van der Waals surface area contributed by atoms with Crippen molar-refractivity contribution in [3.63, 3.8) is 0 Å². The maximum atomic E-state index is 11.7. The van der Waals surface area contributed by atoms with E-state index in [1.54, 1.807) is 18.2 Å². The van der Waals surface area contributed by atoms with Gasteiger partial charge in [-0.05, 0) is 36.7 Å². The molecule has 1 amide bonds. The van der Waals surface area contributed by atoms with E-state index in [1.807, 2.05) is 6.92 Å². The second kappa shape index (κ2) is 5.31. The van der Waals surface area contributed by atoms with Crippen molar-refractivity contribution in [2.75, 3.05) is 5.32 Å². The number of nitrogens with one attached hydrogen (secondary N) is 1. The van der Waals surface area contributed by atoms with E-state index in [1.165, 1.54) is 24.5 Å². The van der Waals surface area contributed by atoms with Crippen LogP contribution >= 0.6 is 11.5 Å². The summed E-state index contributed by atoms with van der Waals surface area (Å²) in [6.45, 7) is 3.17. The van der Waals surface area contributed by atoms with Crippen molar-refractivity contribution < 1.29 is 13.2 Å². The van der Waals surface area contributed by atoms with Gasteiger partial charge in [-0.2, -0.15) is 4.37 Å². The van der Waals surface area contributed by atoms with Crippen LogP contribution < -0.4 is 10.5 Å². The molecule has 2 rings (SSSR count). The Morgan fingerprint density at radius 2 is 2.05 bits per heavy atom. The number of carbonyl (C=O) groups excluding carboxylic acids is 1. The van der Waals surface area contributed by atoms with Crippen molar-refractivity contribution in [1.29, 1.82) is 0 Å². The number of amides is 1. The highest BCUT2D eigenvalue weighted by Gasteiger charge is 2.18. The summed E-state index contributed by atoms with van der Waals surface area (Å²) >= 11 is 1.20. The van der Waals surface area contributed by atoms with Gasteiger partial charge in [-0.15, -0.1) is 0 Å². The molecule has 3 N–H and O–H groups in total. The standard InChI is InChI=1S/C12H13N3O3S2/c1-7-5-11(19-15-7)10-4-3-9(14-8(2)16)6-12(10)20(13,17)18/h3-6H,1-2H3,(H,14,16)(H2,13,17,18). The first-order chi connectivity index (χ1) is 9.27. The molecule has 0 saturated carbocycles. The number of rotatable bonds is 3. The average Bonchev–Trinajstić information content (AvgIpc) is 2.74. The second-order valence-electron chi connectivity index (χ2n) is 4.27. The summed E-state index contributed by atoms with van der Waals surface area (Å²) in [5, 5.41) is 7.78. The van der Waals surface area contributed by atoms with Gasteiger partial charge in [0.25, 0.3) is 0 Å². The molecule has 106 valence electrons. The molecule has 0 spiro atoms. The number of aromatic nitrogens is 1. The number of nitrogens with two attached hydrogens (primary N) is 1. The maximum absolute atomic E-state index is 11.7. The molecule has 6 nitrogen and oxygen atoms in total. The molecule has 8 heteroatoms. The summed E-state index contributed by atoms with van der Waals surface area (Å²) < 4.78 is 27.6. The lowest BCUT2D eigenvalue weighted by Crippen LogP contribution is -2.14. The van der Waals surface area contributed by atoms with Gasteiger partial charge in [0.15, 0.2) is 0 Å². The predicted octanol–water partition coefficient (Wildman–Crippen LogP) is 1.72. The number of carbonyl (C=O) groups is 1. The molecule has 0 aliphatic heterocycles. The summed E-state index contributed by atoms with van der Waals surface area (Å²) in [7, 11) is -3.90. The second-order valence-corrected chi connectivity index (χ2v) is 6.60. The first-order valence-electron chi connectivity index (χ1n) is 5.65. The van der Waals surface area contributed by atoms with E-state index in [0.29, 0.717) is 16.1 Å². The Labute approximate surface area is 120 Å². The summed E-state index contributed by atoms with van der Waals surface area (Å²) in [4.78, 5) is 11.7. The number of nitrogens with zero attached hydrogens (tertiary/aromatic N) is 1. The average molecular weight is 311 g/mol. The van der Waals surface area contributed by atoms with Crippen LogP contribution in [0.2, 0.25) is 0 Å². The molecule has 2 aromatic rings. The zero-order valence-electron chi connectivity index (χ0n) is 10.9. The molecule has 1 aromatic carbocycles. The number of sulfonamides is 1. The molecule has 1 heterocycles. The van der Waals surface area contributed by atoms with Crippen molar-refractivity contribution in [3.05, 3.63) is 30.0 Å². The normalized spacial score (nSPS) is 11.3. The smallest absolute Gasteiger partial charge is 0.238 e. The van der Waals surface area contributed by atoms with Crippen LogP contribution in [0.5, 0.6) is 0 Å². The van der Waals surface area contributed by atoms with E-state index in [9.17, 15) is 13.2 Å². The number of hydrogen-bond acceptors (Lipinski definition) is 5. The Kier molecular flexibility index (Phi) is 3.89. The molecular weight excluding hydrogens is 298 g/mol. The van der Waals surface area contributed by atoms with Crippen molar-refractivity contribution in [2.24, 2.45) is 5.14 Å². The van der Waals surface area contributed by atoms with E-state index in [2.05, 4.69) is 9.69 Å². The van der Waals surface area contributed by atoms with Gasteiger partial charge >= 0.3 is 0 Å². The van der Waals surface area contributed by atoms with Gasteiger partial charge < -0.3 is 5.32 Å². The molecule has 0 saturated heterocycles. The van der Waals surface area contributed by atoms with Crippen LogP contribution in [0.15, 0.2) is 29.2 Å². The first kappa shape index (κ1) is 14.6. The highest BCUT2D eigenvalue weighted by Crippen LogP contribution is 2.32. The minimum absolute atomic E-state index is 0.0348. The van der Waals surface area contributed by atoms with Gasteiger partial charge in [-0.3, -0.25) is 4.79 Å². The third-order valence-corrected chi connectivity index (χ3v) is 4.37. The van der Waals surface area contributed by atoms with Crippen molar-refractivity contribution >= 4 is 33.2 Å². The van der Waals surface area contributed by atoms with E-state index in [0.717, 1.165) is 5.69 Å². The van der Waals surface area contributed by atoms with Gasteiger partial charge in [0.05, 0.1) is 15.5 Å². The summed E-state index contributed by atoms with van der Waals surface area (Å²) in [6.07, 6.45) is 0. The Bertz CT molecular complexity index is 766. The Morgan fingerprint density at radius 3 is 2.55 bits per heavy atom. The summed E-state index contributed by atoms with van der Waals surface area (Å²) in [6, 6.07) is 6.37. The maximum Gasteiger partial charge on any atom is 0.238 e. The predicted molar refractivity (Wildman–Crippen MR) is 78.0 cm³/mol. The van der Waals surface area contributed by atoms with Crippen molar-refractivity contribution in [2.45, 2.75) is 18.7 Å². The fourth-order valence-electron chi connectivity index (χ4n) is 1.73. The largest absolute Gasteiger partial charge is 0.326 e. The number of anilines is 1. The minimum Gasteiger partial charge on any atom is -0.326 e. The fraction of sp³-hybridized carbons (Fsp3) is 0.167. The lowest BCUT2D eigenvalue weighted by Gasteiger charge is -2.09. The van der Waals surface area contributed by atoms with E-state index in [4.69, 9.17) is 5.14 Å². The first-order valence-corrected chi connectivity index (χ1v) is 7.97. The molecular formula is C12H13N3O3S2. The van der Waals surface area contributed by atoms with Crippen LogP contribution in [0.1, 0.15) is 12.6 Å². The number of aryl methyl sites for hydroxylation is 1. The van der Waals surface area contributed by atoms with Crippen molar-refractivity contribution in [1.82, 2.24) is 4.37 Å². The molecule has 0 aliphatic rings. The number of hydrogen-bond donors (Lipinski definition) is 2. The number of primary sulfonamides is 1. The SMILES string of the molecule is CC(=O)Nc1ccc(-c2cc(C)ns2)c(S(N)(=O)=O)c1. The van der Waals surface area contributed by atoms with Crippen molar-refractivity contribution in [3.8, 4) is 10.4 Å². The Morgan fingerprint density at radius 1 is 1.35 bits per heavy atom. The highest BCUT2D eigenvalue weighted by atomic mass is 32.2. The molecule has 0 fully saturated rings. The van der Waals surface area contributed by atoms with Crippen LogP contribution in [-0.4, -0.2) is 18.7 Å². The lowest BCUT2D eigenvalue weighted by atomic mass is 10.1. The zero-order chi connectivity index (χ0) is 14.9. The van der Waals surface area contributed by atoms with Crippen LogP contribution in [0.25, 0.3) is 10.4 Å². The molecule has 0 bridgehead atoms. The zero-order valence-corrected chi connectivity index (χ0v) is 12.5. The summed E-state index contributed by atoms with van der Waals surface area (Å²) in [5.74, 6) is -0.285. The van der Waals surface area contributed by atoms with Crippen LogP contribution in [-0.2, 0) is 14.8 Å². The van der Waals surface area contributed by atoms with E-state index in [-0.39, 0.29) is 10.8 Å². The molecule has 0 atom stereocenters. The van der Waals surface area contributed by atoms with Crippen LogP contribution in [0, 0.1) is 6.92 Å². The molecule has 1 aromatic heterocycles. The van der Waals surface area contributed by atoms with Gasteiger partial charge in [-0.1, -0.05) is 6.07 Å². The van der Waals surface area contributed by atoms with Gasteiger partial charge in [0.2, 0.25) is 15.9 Å². The third-order valence-electron chi connectivity index (χ3n) is 2.50. The highest BCUT2D eigenvalue weighted by molar-refractivity contribution is 7.89. The Balaban J connectivity index is 2.60. The Hall–Kier alpha value is -1.77. The van der Waals surface area contributed by atoms with Gasteiger partial charge in [0.1, 0.15) is 0 Å². The third kappa shape index (κ3) is 3.21.